The van der Waals surface area contributed by atoms with Crippen molar-refractivity contribution in [1.82, 2.24) is 10.2 Å². The number of hydrogen-bond acceptors (Lipinski definition) is 3. The Morgan fingerprint density at radius 2 is 1.66 bits per heavy atom. The molecule has 8 heteroatoms. The molecule has 5 nitrogen and oxygen atoms in total. The van der Waals surface area contributed by atoms with Crippen molar-refractivity contribution < 1.29 is 14.3 Å². The van der Waals surface area contributed by atoms with Crippen molar-refractivity contribution >= 4 is 50.9 Å². The highest BCUT2D eigenvalue weighted by molar-refractivity contribution is 9.10. The van der Waals surface area contributed by atoms with Gasteiger partial charge in [-0.25, -0.2) is 0 Å². The number of ether oxygens (including phenoxy) is 1. The maximum absolute atomic E-state index is 13.8. The fraction of sp³-hybridized carbons (Fsp3) is 0.333. The number of nitrogens with one attached hydrogen (secondary N) is 1. The predicted octanol–water partition coefficient (Wildman–Crippen LogP) is 7.11. The highest BCUT2D eigenvalue weighted by Gasteiger charge is 2.31. The van der Waals surface area contributed by atoms with E-state index in [9.17, 15) is 9.59 Å². The Morgan fingerprint density at radius 1 is 0.974 bits per heavy atom. The molecular weight excluding hydrogens is 587 g/mol. The van der Waals surface area contributed by atoms with Gasteiger partial charge in [0.1, 0.15) is 11.8 Å². The maximum atomic E-state index is 13.8. The van der Waals surface area contributed by atoms with Crippen molar-refractivity contribution in [3.05, 3.63) is 97.9 Å². The van der Waals surface area contributed by atoms with E-state index in [0.717, 1.165) is 22.0 Å². The van der Waals surface area contributed by atoms with E-state index < -0.39 is 6.04 Å². The summed E-state index contributed by atoms with van der Waals surface area (Å²) in [6.07, 6.45) is 1.21. The monoisotopic (exact) mass is 618 g/mol. The SMILES string of the molecule is CCc1ccc(OCC(=O)N(Cc2c(Cl)cccc2Cl)[C@@H](Cc2ccccc2)C(=O)NCC(C)C)c(Br)c1. The van der Waals surface area contributed by atoms with Crippen molar-refractivity contribution in [2.24, 2.45) is 5.92 Å². The van der Waals surface area contributed by atoms with Crippen LogP contribution in [0, 0.1) is 5.92 Å². The van der Waals surface area contributed by atoms with Gasteiger partial charge in [-0.3, -0.25) is 9.59 Å². The number of aryl methyl sites for hydroxylation is 1. The Morgan fingerprint density at radius 3 is 2.26 bits per heavy atom. The summed E-state index contributed by atoms with van der Waals surface area (Å²) in [6.45, 7) is 6.41. The number of nitrogens with zero attached hydrogens (tertiary/aromatic N) is 1. The molecule has 0 aliphatic rings. The van der Waals surface area contributed by atoms with E-state index in [1.165, 1.54) is 4.90 Å². The lowest BCUT2D eigenvalue weighted by Gasteiger charge is -2.32. The van der Waals surface area contributed by atoms with Crippen LogP contribution in [0.2, 0.25) is 10.0 Å². The first-order chi connectivity index (χ1) is 18.2. The Balaban J connectivity index is 1.95. The molecule has 0 aliphatic heterocycles. The zero-order chi connectivity index (χ0) is 27.7. The summed E-state index contributed by atoms with van der Waals surface area (Å²) < 4.78 is 6.68. The Kier molecular flexibility index (Phi) is 11.5. The average Bonchev–Trinajstić information content (AvgIpc) is 2.90. The van der Waals surface area contributed by atoms with Crippen LogP contribution in [0.1, 0.15) is 37.5 Å². The third-order valence-corrected chi connectivity index (χ3v) is 7.43. The third-order valence-electron chi connectivity index (χ3n) is 6.10. The second-order valence-electron chi connectivity index (χ2n) is 9.47. The number of benzene rings is 3. The van der Waals surface area contributed by atoms with E-state index in [1.54, 1.807) is 18.2 Å². The largest absolute Gasteiger partial charge is 0.483 e. The second kappa shape index (κ2) is 14.6. The van der Waals surface area contributed by atoms with Crippen LogP contribution < -0.4 is 10.1 Å². The predicted molar refractivity (Wildman–Crippen MR) is 158 cm³/mol. The quantitative estimate of drug-likeness (QED) is 0.235. The minimum atomic E-state index is -0.800. The molecule has 0 bridgehead atoms. The molecule has 3 aromatic rings. The van der Waals surface area contributed by atoms with Gasteiger partial charge in [0.05, 0.1) is 4.47 Å². The van der Waals surface area contributed by atoms with Gasteiger partial charge in [-0.15, -0.1) is 0 Å². The number of rotatable bonds is 12. The number of amides is 2. The number of carbonyl (C=O) groups excluding carboxylic acids is 2. The molecule has 0 saturated carbocycles. The average molecular weight is 620 g/mol. The van der Waals surface area contributed by atoms with Crippen molar-refractivity contribution in [2.75, 3.05) is 13.2 Å². The highest BCUT2D eigenvalue weighted by Crippen LogP contribution is 2.29. The molecule has 0 saturated heterocycles. The summed E-state index contributed by atoms with van der Waals surface area (Å²) in [5.74, 6) is 0.209. The Bertz CT molecular complexity index is 1220. The van der Waals surface area contributed by atoms with E-state index in [1.807, 2.05) is 62.4 Å². The molecule has 1 atom stereocenters. The molecule has 38 heavy (non-hydrogen) atoms. The summed E-state index contributed by atoms with van der Waals surface area (Å²) in [7, 11) is 0. The van der Waals surface area contributed by atoms with Crippen LogP contribution in [-0.2, 0) is 29.0 Å². The minimum Gasteiger partial charge on any atom is -0.483 e. The van der Waals surface area contributed by atoms with E-state index in [2.05, 4.69) is 28.2 Å². The van der Waals surface area contributed by atoms with E-state index in [0.29, 0.717) is 34.3 Å². The lowest BCUT2D eigenvalue weighted by molar-refractivity contribution is -0.142. The van der Waals surface area contributed by atoms with Crippen LogP contribution in [0.5, 0.6) is 5.75 Å². The molecule has 0 radical (unpaired) electrons. The molecule has 0 fully saturated rings. The molecule has 2 amide bonds. The lowest BCUT2D eigenvalue weighted by Crippen LogP contribution is -2.52. The summed E-state index contributed by atoms with van der Waals surface area (Å²) in [6, 6.07) is 19.8. The van der Waals surface area contributed by atoms with Gasteiger partial charge in [-0.2, -0.15) is 0 Å². The van der Waals surface area contributed by atoms with Crippen molar-refractivity contribution in [3.8, 4) is 5.75 Å². The number of hydrogen-bond donors (Lipinski definition) is 1. The molecule has 1 N–H and O–H groups in total. The van der Waals surface area contributed by atoms with Gasteiger partial charge in [-0.05, 0) is 63.7 Å². The molecular formula is C30H33BrCl2N2O3. The van der Waals surface area contributed by atoms with Crippen LogP contribution in [0.3, 0.4) is 0 Å². The van der Waals surface area contributed by atoms with Crippen LogP contribution in [0.25, 0.3) is 0 Å². The van der Waals surface area contributed by atoms with Gasteiger partial charge in [-0.1, -0.05) is 86.4 Å². The summed E-state index contributed by atoms with van der Waals surface area (Å²) in [5.41, 5.74) is 2.65. The summed E-state index contributed by atoms with van der Waals surface area (Å²) in [5, 5.41) is 3.85. The molecule has 0 aliphatic carbocycles. The minimum absolute atomic E-state index is 0.0588. The third kappa shape index (κ3) is 8.48. The Hall–Kier alpha value is -2.54. The smallest absolute Gasteiger partial charge is 0.261 e. The van der Waals surface area contributed by atoms with Gasteiger partial charge < -0.3 is 15.0 Å². The lowest BCUT2D eigenvalue weighted by atomic mass is 10.0. The molecule has 0 aromatic heterocycles. The van der Waals surface area contributed by atoms with Crippen molar-refractivity contribution in [3.63, 3.8) is 0 Å². The van der Waals surface area contributed by atoms with E-state index in [-0.39, 0.29) is 30.9 Å². The highest BCUT2D eigenvalue weighted by atomic mass is 79.9. The molecule has 3 rings (SSSR count). The topological polar surface area (TPSA) is 58.6 Å². The first-order valence-corrected chi connectivity index (χ1v) is 14.2. The van der Waals surface area contributed by atoms with Gasteiger partial charge in [0.25, 0.3) is 5.91 Å². The fourth-order valence-corrected chi connectivity index (χ4v) is 4.99. The molecule has 0 heterocycles. The first-order valence-electron chi connectivity index (χ1n) is 12.6. The van der Waals surface area contributed by atoms with Crippen LogP contribution >= 0.6 is 39.1 Å². The molecule has 3 aromatic carbocycles. The van der Waals surface area contributed by atoms with Crippen molar-refractivity contribution in [2.45, 2.75) is 46.2 Å². The van der Waals surface area contributed by atoms with E-state index in [4.69, 9.17) is 27.9 Å². The first kappa shape index (κ1) is 30.0. The zero-order valence-corrected chi connectivity index (χ0v) is 24.9. The Labute approximate surface area is 243 Å². The summed E-state index contributed by atoms with van der Waals surface area (Å²) >= 11 is 16.5. The van der Waals surface area contributed by atoms with Crippen LogP contribution in [0.15, 0.2) is 71.2 Å². The molecule has 0 unspecified atom stereocenters. The molecule has 202 valence electrons. The second-order valence-corrected chi connectivity index (χ2v) is 11.1. The zero-order valence-electron chi connectivity index (χ0n) is 21.8. The van der Waals surface area contributed by atoms with Crippen molar-refractivity contribution in [1.29, 1.82) is 0 Å². The van der Waals surface area contributed by atoms with Gasteiger partial charge in [0.2, 0.25) is 5.91 Å². The molecule has 0 spiro atoms. The van der Waals surface area contributed by atoms with E-state index >= 15 is 0 Å². The number of carbonyl (C=O) groups is 2. The number of halogens is 3. The van der Waals surface area contributed by atoms with Gasteiger partial charge in [0.15, 0.2) is 6.61 Å². The maximum Gasteiger partial charge on any atom is 0.261 e. The normalized spacial score (nSPS) is 11.8. The standard InChI is InChI=1S/C30H33BrCl2N2O3/c1-4-21-13-14-28(24(31)15-21)38-19-29(36)35(18-23-25(32)11-8-12-26(23)33)27(30(37)34-17-20(2)3)16-22-9-6-5-7-10-22/h5-15,20,27H,4,16-19H2,1-3H3,(H,34,37)/t27-/m0/s1. The summed E-state index contributed by atoms with van der Waals surface area (Å²) in [4.78, 5) is 28.8. The van der Waals surface area contributed by atoms with Gasteiger partial charge in [0, 0.05) is 35.1 Å². The van der Waals surface area contributed by atoms with Gasteiger partial charge >= 0.3 is 0 Å². The fourth-order valence-electron chi connectivity index (χ4n) is 3.93. The van der Waals surface area contributed by atoms with Crippen LogP contribution in [0.4, 0.5) is 0 Å². The van der Waals surface area contributed by atoms with Crippen LogP contribution in [-0.4, -0.2) is 35.9 Å².